The predicted octanol–water partition coefficient (Wildman–Crippen LogP) is 1.61. The molecule has 1 aliphatic heterocycles. The second kappa shape index (κ2) is 5.32. The van der Waals surface area contributed by atoms with E-state index >= 15 is 0 Å². The first-order valence-electron chi connectivity index (χ1n) is 2.74. The first-order valence-corrected chi connectivity index (χ1v) is 4.41. The Morgan fingerprint density at radius 1 is 1.22 bits per heavy atom. The lowest BCUT2D eigenvalue weighted by molar-refractivity contribution is 1.15. The minimum Gasteiger partial charge on any atom is -0.330 e. The average molecular weight is 257 g/mol. The quantitative estimate of drug-likeness (QED) is 0.570. The molecule has 54 valence electrons. The van der Waals surface area contributed by atoms with Gasteiger partial charge in [-0.1, -0.05) is 12.2 Å². The van der Waals surface area contributed by atoms with Crippen molar-refractivity contribution in [2.75, 3.05) is 12.3 Å². The summed E-state index contributed by atoms with van der Waals surface area (Å²) in [7, 11) is 0.0687. The van der Waals surface area contributed by atoms with Gasteiger partial charge in [-0.15, -0.1) is 24.0 Å². The van der Waals surface area contributed by atoms with Crippen LogP contribution in [0.2, 0.25) is 0 Å². The molecule has 0 bridgehead atoms. The Kier molecular flexibility index (Phi) is 5.62. The molecule has 9 heavy (non-hydrogen) atoms. The largest absolute Gasteiger partial charge is 0.330 e. The van der Waals surface area contributed by atoms with Crippen LogP contribution in [0.4, 0.5) is 0 Å². The Labute approximate surface area is 75.8 Å². The molecule has 1 nitrogen and oxygen atoms in total. The zero-order chi connectivity index (χ0) is 5.82. The van der Waals surface area contributed by atoms with E-state index in [1.807, 2.05) is 0 Å². The van der Waals surface area contributed by atoms with Crippen molar-refractivity contribution in [1.82, 2.24) is 0 Å². The summed E-state index contributed by atoms with van der Waals surface area (Å²) < 4.78 is 0. The molecule has 0 aromatic rings. The molecule has 0 aromatic carbocycles. The van der Waals surface area contributed by atoms with Crippen LogP contribution in [-0.4, -0.2) is 12.3 Å². The molecule has 0 unspecified atom stereocenters. The van der Waals surface area contributed by atoms with Gasteiger partial charge in [0.1, 0.15) is 0 Å². The maximum absolute atomic E-state index is 5.36. The third-order valence-electron chi connectivity index (χ3n) is 1.05. The predicted molar refractivity (Wildman–Crippen MR) is 56.6 cm³/mol. The fourth-order valence-corrected chi connectivity index (χ4v) is 2.00. The lowest BCUT2D eigenvalue weighted by Crippen LogP contribution is -2.02. The van der Waals surface area contributed by atoms with Gasteiger partial charge < -0.3 is 5.73 Å². The van der Waals surface area contributed by atoms with Gasteiger partial charge in [0.15, 0.2) is 0 Å². The Hall–Kier alpha value is 0.520. The van der Waals surface area contributed by atoms with Crippen molar-refractivity contribution >= 4 is 34.9 Å². The molecule has 0 aliphatic carbocycles. The maximum Gasteiger partial charge on any atom is 0.000284 e. The summed E-state index contributed by atoms with van der Waals surface area (Å²) in [6, 6.07) is 0. The van der Waals surface area contributed by atoms with Gasteiger partial charge >= 0.3 is 0 Å². The van der Waals surface area contributed by atoms with Crippen molar-refractivity contribution in [2.45, 2.75) is 0 Å². The number of allylic oxidation sites excluding steroid dienone is 2. The summed E-state index contributed by atoms with van der Waals surface area (Å²) in [5.41, 5.74) is 5.36. The molecule has 0 fully saturated rings. The SMILES string of the molecule is I.NCC[SH]1C=CC=C1. The lowest BCUT2D eigenvalue weighted by atomic mass is 10.6. The van der Waals surface area contributed by atoms with Gasteiger partial charge in [-0.05, 0) is 16.6 Å². The fraction of sp³-hybridized carbons (Fsp3) is 0.333. The first-order chi connectivity index (χ1) is 3.93. The molecular weight excluding hydrogens is 245 g/mol. The van der Waals surface area contributed by atoms with Gasteiger partial charge in [-0.3, -0.25) is 0 Å². The van der Waals surface area contributed by atoms with Gasteiger partial charge in [-0.2, -0.15) is 0 Å². The highest BCUT2D eigenvalue weighted by atomic mass is 127. The average Bonchev–Trinajstić information content (AvgIpc) is 2.19. The Morgan fingerprint density at radius 2 is 1.78 bits per heavy atom. The number of hydrogen-bond donors (Lipinski definition) is 2. The molecule has 0 radical (unpaired) electrons. The second-order valence-electron chi connectivity index (χ2n) is 1.71. The molecule has 0 amide bonds. The minimum atomic E-state index is 0. The molecule has 0 saturated heterocycles. The van der Waals surface area contributed by atoms with Crippen molar-refractivity contribution in [3.8, 4) is 0 Å². The van der Waals surface area contributed by atoms with E-state index in [0.717, 1.165) is 12.3 Å². The van der Waals surface area contributed by atoms with E-state index < -0.39 is 0 Å². The van der Waals surface area contributed by atoms with E-state index in [1.165, 1.54) is 0 Å². The zero-order valence-corrected chi connectivity index (χ0v) is 8.38. The Balaban J connectivity index is 0.000000640. The summed E-state index contributed by atoms with van der Waals surface area (Å²) >= 11 is 0. The summed E-state index contributed by atoms with van der Waals surface area (Å²) in [6.45, 7) is 0.820. The fourth-order valence-electron chi connectivity index (χ4n) is 0.668. The molecule has 1 rings (SSSR count). The summed E-state index contributed by atoms with van der Waals surface area (Å²) in [5.74, 6) is 1.16. The van der Waals surface area contributed by atoms with Crippen LogP contribution in [0, 0.1) is 0 Å². The maximum atomic E-state index is 5.36. The van der Waals surface area contributed by atoms with Crippen molar-refractivity contribution in [2.24, 2.45) is 5.73 Å². The molecule has 3 heteroatoms. The molecule has 2 N–H and O–H groups in total. The van der Waals surface area contributed by atoms with E-state index in [9.17, 15) is 0 Å². The Bertz CT molecular complexity index is 110. The number of hydrogen-bond acceptors (Lipinski definition) is 1. The van der Waals surface area contributed by atoms with Crippen molar-refractivity contribution in [3.05, 3.63) is 23.0 Å². The smallest absolute Gasteiger partial charge is 0.000284 e. The van der Waals surface area contributed by atoms with Crippen LogP contribution < -0.4 is 5.73 Å². The molecule has 0 spiro atoms. The molecule has 0 saturated carbocycles. The molecule has 1 heterocycles. The van der Waals surface area contributed by atoms with Crippen LogP contribution in [0.25, 0.3) is 0 Å². The van der Waals surface area contributed by atoms with Gasteiger partial charge in [-0.25, -0.2) is 10.9 Å². The normalized spacial score (nSPS) is 18.1. The standard InChI is InChI=1S/C6H11NS.HI/c7-3-6-8-4-1-2-5-8;/h1-2,4-5,8H,3,6-7H2;1H. The highest BCUT2D eigenvalue weighted by molar-refractivity contribution is 14.0. The molecule has 0 aromatic heterocycles. The molecule has 1 aliphatic rings. The summed E-state index contributed by atoms with van der Waals surface area (Å²) in [4.78, 5) is 0. The van der Waals surface area contributed by atoms with E-state index in [0.29, 0.717) is 0 Å². The minimum absolute atomic E-state index is 0. The van der Waals surface area contributed by atoms with Gasteiger partial charge in [0.25, 0.3) is 0 Å². The topological polar surface area (TPSA) is 26.0 Å². The van der Waals surface area contributed by atoms with Crippen molar-refractivity contribution in [3.63, 3.8) is 0 Å². The second-order valence-corrected chi connectivity index (χ2v) is 3.78. The van der Waals surface area contributed by atoms with Crippen LogP contribution in [0.5, 0.6) is 0 Å². The van der Waals surface area contributed by atoms with E-state index in [4.69, 9.17) is 5.73 Å². The highest BCUT2D eigenvalue weighted by Crippen LogP contribution is 2.31. The van der Waals surface area contributed by atoms with Gasteiger partial charge in [0, 0.05) is 6.54 Å². The number of nitrogens with two attached hydrogens (primary N) is 1. The van der Waals surface area contributed by atoms with Gasteiger partial charge in [0.05, 0.1) is 0 Å². The van der Waals surface area contributed by atoms with E-state index in [1.54, 1.807) is 0 Å². The zero-order valence-electron chi connectivity index (χ0n) is 5.16. The Morgan fingerprint density at radius 3 is 2.22 bits per heavy atom. The highest BCUT2D eigenvalue weighted by Gasteiger charge is 1.94. The molecule has 0 atom stereocenters. The van der Waals surface area contributed by atoms with Crippen LogP contribution >= 0.6 is 34.9 Å². The van der Waals surface area contributed by atoms with Crippen LogP contribution in [0.1, 0.15) is 0 Å². The monoisotopic (exact) mass is 257 g/mol. The first kappa shape index (κ1) is 9.52. The number of rotatable bonds is 2. The van der Waals surface area contributed by atoms with Crippen LogP contribution in [0.3, 0.4) is 0 Å². The number of thiol groups is 1. The third-order valence-corrected chi connectivity index (χ3v) is 2.94. The summed E-state index contributed by atoms with van der Waals surface area (Å²) in [5, 5.41) is 4.48. The van der Waals surface area contributed by atoms with E-state index in [-0.39, 0.29) is 34.9 Å². The van der Waals surface area contributed by atoms with E-state index in [2.05, 4.69) is 23.0 Å². The third kappa shape index (κ3) is 3.27. The van der Waals surface area contributed by atoms with Crippen molar-refractivity contribution < 1.29 is 0 Å². The number of halogens is 1. The van der Waals surface area contributed by atoms with Crippen LogP contribution in [-0.2, 0) is 0 Å². The van der Waals surface area contributed by atoms with Gasteiger partial charge in [0.2, 0.25) is 0 Å². The lowest BCUT2D eigenvalue weighted by Gasteiger charge is -2.04. The molecular formula is C6H12INS. The summed E-state index contributed by atoms with van der Waals surface area (Å²) in [6.07, 6.45) is 4.20. The van der Waals surface area contributed by atoms with Crippen LogP contribution in [0.15, 0.2) is 23.0 Å². The van der Waals surface area contributed by atoms with Crippen molar-refractivity contribution in [1.29, 1.82) is 0 Å².